The Labute approximate surface area is 126 Å². The summed E-state index contributed by atoms with van der Waals surface area (Å²) in [5, 5.41) is 0.631. The van der Waals surface area contributed by atoms with Crippen molar-refractivity contribution in [2.45, 2.75) is 13.1 Å². The van der Waals surface area contributed by atoms with Crippen LogP contribution in [0.5, 0.6) is 0 Å². The van der Waals surface area contributed by atoms with Crippen molar-refractivity contribution in [3.05, 3.63) is 57.2 Å². The van der Waals surface area contributed by atoms with Crippen molar-refractivity contribution in [1.82, 2.24) is 4.98 Å². The maximum atomic E-state index is 6.19. The van der Waals surface area contributed by atoms with Crippen molar-refractivity contribution in [2.24, 2.45) is 5.73 Å². The van der Waals surface area contributed by atoms with Crippen LogP contribution in [0.3, 0.4) is 0 Å². The van der Waals surface area contributed by atoms with E-state index in [0.29, 0.717) is 11.6 Å². The zero-order chi connectivity index (χ0) is 13.8. The topological polar surface area (TPSA) is 42.1 Å². The van der Waals surface area contributed by atoms with Crippen LogP contribution in [-0.2, 0) is 13.1 Å². The summed E-state index contributed by atoms with van der Waals surface area (Å²) in [6.45, 7) is 1.29. The SMILES string of the molecule is CN(Cc1cccc(CN)c1)c1ncc(Br)cc1Cl. The van der Waals surface area contributed by atoms with Crippen LogP contribution in [-0.4, -0.2) is 12.0 Å². The predicted octanol–water partition coefficient (Wildman–Crippen LogP) is 3.59. The van der Waals surface area contributed by atoms with Crippen LogP contribution in [0.4, 0.5) is 5.82 Å². The molecule has 0 radical (unpaired) electrons. The Hall–Kier alpha value is -1.10. The molecule has 19 heavy (non-hydrogen) atoms. The molecule has 1 aromatic heterocycles. The Balaban J connectivity index is 2.17. The summed E-state index contributed by atoms with van der Waals surface area (Å²) < 4.78 is 0.875. The van der Waals surface area contributed by atoms with Crippen LogP contribution in [0.25, 0.3) is 0 Å². The Morgan fingerprint density at radius 3 is 2.74 bits per heavy atom. The second kappa shape index (κ2) is 6.37. The molecule has 0 fully saturated rings. The van der Waals surface area contributed by atoms with E-state index in [9.17, 15) is 0 Å². The first-order valence-corrected chi connectivity index (χ1v) is 7.07. The molecule has 2 N–H and O–H groups in total. The molecule has 2 aromatic rings. The number of rotatable bonds is 4. The van der Waals surface area contributed by atoms with E-state index in [4.69, 9.17) is 17.3 Å². The summed E-state index contributed by atoms with van der Waals surface area (Å²) >= 11 is 9.55. The van der Waals surface area contributed by atoms with Crippen LogP contribution in [0, 0.1) is 0 Å². The van der Waals surface area contributed by atoms with Crippen molar-refractivity contribution in [2.75, 3.05) is 11.9 Å². The third-order valence-corrected chi connectivity index (χ3v) is 3.51. The van der Waals surface area contributed by atoms with Crippen LogP contribution in [0.15, 0.2) is 41.0 Å². The summed E-state index contributed by atoms with van der Waals surface area (Å²) in [7, 11) is 1.97. The van der Waals surface area contributed by atoms with E-state index in [1.54, 1.807) is 6.20 Å². The zero-order valence-electron chi connectivity index (χ0n) is 10.6. The number of hydrogen-bond donors (Lipinski definition) is 1. The van der Waals surface area contributed by atoms with Crippen LogP contribution < -0.4 is 10.6 Å². The Bertz CT molecular complexity index is 574. The second-order valence-corrected chi connectivity index (χ2v) is 5.66. The number of anilines is 1. The smallest absolute Gasteiger partial charge is 0.147 e. The Morgan fingerprint density at radius 1 is 1.32 bits per heavy atom. The van der Waals surface area contributed by atoms with Gasteiger partial charge in [-0.15, -0.1) is 0 Å². The number of pyridine rings is 1. The minimum Gasteiger partial charge on any atom is -0.354 e. The molecule has 0 aliphatic rings. The van der Waals surface area contributed by atoms with Gasteiger partial charge in [0.05, 0.1) is 5.02 Å². The molecular formula is C14H15BrClN3. The number of hydrogen-bond acceptors (Lipinski definition) is 3. The Kier molecular flexibility index (Phi) is 4.80. The number of halogens is 2. The van der Waals surface area contributed by atoms with Gasteiger partial charge in [-0.3, -0.25) is 0 Å². The van der Waals surface area contributed by atoms with Gasteiger partial charge in [0.2, 0.25) is 0 Å². The zero-order valence-corrected chi connectivity index (χ0v) is 12.9. The van der Waals surface area contributed by atoms with Crippen LogP contribution >= 0.6 is 27.5 Å². The minimum absolute atomic E-state index is 0.550. The molecule has 1 aromatic carbocycles. The van der Waals surface area contributed by atoms with E-state index < -0.39 is 0 Å². The van der Waals surface area contributed by atoms with Gasteiger partial charge in [-0.2, -0.15) is 0 Å². The summed E-state index contributed by atoms with van der Waals surface area (Å²) in [5.41, 5.74) is 7.96. The van der Waals surface area contributed by atoms with E-state index in [-0.39, 0.29) is 0 Å². The van der Waals surface area contributed by atoms with Crippen LogP contribution in [0.1, 0.15) is 11.1 Å². The average Bonchev–Trinajstić information content (AvgIpc) is 2.38. The van der Waals surface area contributed by atoms with E-state index in [0.717, 1.165) is 22.4 Å². The molecule has 0 atom stereocenters. The second-order valence-electron chi connectivity index (χ2n) is 4.34. The first-order chi connectivity index (χ1) is 9.10. The fourth-order valence-electron chi connectivity index (χ4n) is 1.89. The van der Waals surface area contributed by atoms with E-state index in [2.05, 4.69) is 33.0 Å². The summed E-state index contributed by atoms with van der Waals surface area (Å²) in [6.07, 6.45) is 1.74. The molecule has 0 spiro atoms. The average molecular weight is 341 g/mol. The third-order valence-electron chi connectivity index (χ3n) is 2.80. The lowest BCUT2D eigenvalue weighted by atomic mass is 10.1. The lowest BCUT2D eigenvalue weighted by Gasteiger charge is -2.19. The van der Waals surface area contributed by atoms with Crippen molar-refractivity contribution in [3.8, 4) is 0 Å². The first kappa shape index (κ1) is 14.3. The van der Waals surface area contributed by atoms with Crippen molar-refractivity contribution >= 4 is 33.3 Å². The molecule has 0 saturated carbocycles. The van der Waals surface area contributed by atoms with Crippen molar-refractivity contribution in [1.29, 1.82) is 0 Å². The first-order valence-electron chi connectivity index (χ1n) is 5.90. The molecule has 0 aliphatic heterocycles. The minimum atomic E-state index is 0.550. The molecule has 0 unspecified atom stereocenters. The van der Waals surface area contributed by atoms with Gasteiger partial charge in [0.15, 0.2) is 0 Å². The Morgan fingerprint density at radius 2 is 2.05 bits per heavy atom. The highest BCUT2D eigenvalue weighted by Crippen LogP contribution is 2.26. The van der Waals surface area contributed by atoms with Gasteiger partial charge in [-0.1, -0.05) is 35.9 Å². The highest BCUT2D eigenvalue weighted by molar-refractivity contribution is 9.10. The van der Waals surface area contributed by atoms with Gasteiger partial charge < -0.3 is 10.6 Å². The normalized spacial score (nSPS) is 10.5. The van der Waals surface area contributed by atoms with Crippen molar-refractivity contribution < 1.29 is 0 Å². The molecule has 100 valence electrons. The lowest BCUT2D eigenvalue weighted by molar-refractivity contribution is 0.893. The number of aromatic nitrogens is 1. The monoisotopic (exact) mass is 339 g/mol. The predicted molar refractivity (Wildman–Crippen MR) is 83.4 cm³/mol. The van der Waals surface area contributed by atoms with E-state index in [1.165, 1.54) is 5.56 Å². The quantitative estimate of drug-likeness (QED) is 0.925. The number of benzene rings is 1. The van der Waals surface area contributed by atoms with Gasteiger partial charge in [0.1, 0.15) is 5.82 Å². The highest BCUT2D eigenvalue weighted by Gasteiger charge is 2.09. The maximum Gasteiger partial charge on any atom is 0.147 e. The highest BCUT2D eigenvalue weighted by atomic mass is 79.9. The summed E-state index contributed by atoms with van der Waals surface area (Å²) in [4.78, 5) is 6.36. The molecule has 2 rings (SSSR count). The van der Waals surface area contributed by atoms with E-state index >= 15 is 0 Å². The molecule has 1 heterocycles. The maximum absolute atomic E-state index is 6.19. The van der Waals surface area contributed by atoms with Crippen molar-refractivity contribution in [3.63, 3.8) is 0 Å². The molecular weight excluding hydrogens is 326 g/mol. The van der Waals surface area contributed by atoms with Gasteiger partial charge >= 0.3 is 0 Å². The van der Waals surface area contributed by atoms with Gasteiger partial charge in [0.25, 0.3) is 0 Å². The fourth-order valence-corrected chi connectivity index (χ4v) is 2.67. The largest absolute Gasteiger partial charge is 0.354 e. The van der Waals surface area contributed by atoms with E-state index in [1.807, 2.05) is 30.1 Å². The lowest BCUT2D eigenvalue weighted by Crippen LogP contribution is -2.18. The molecule has 0 aliphatic carbocycles. The summed E-state index contributed by atoms with van der Waals surface area (Å²) in [5.74, 6) is 0.767. The number of nitrogens with zero attached hydrogens (tertiary/aromatic N) is 2. The third kappa shape index (κ3) is 3.69. The molecule has 3 nitrogen and oxygen atoms in total. The fraction of sp³-hybridized carbons (Fsp3) is 0.214. The standard InChI is InChI=1S/C14H15BrClN3/c1-19(14-13(16)6-12(15)8-18-14)9-11-4-2-3-10(5-11)7-17/h2-6,8H,7,9,17H2,1H3. The molecule has 0 saturated heterocycles. The van der Waals surface area contributed by atoms with Crippen LogP contribution in [0.2, 0.25) is 5.02 Å². The molecule has 0 amide bonds. The number of nitrogens with two attached hydrogens (primary N) is 1. The van der Waals surface area contributed by atoms with Gasteiger partial charge in [-0.25, -0.2) is 4.98 Å². The summed E-state index contributed by atoms with van der Waals surface area (Å²) in [6, 6.07) is 10.1. The molecule has 0 bridgehead atoms. The molecule has 5 heteroatoms. The van der Waals surface area contributed by atoms with Gasteiger partial charge in [0, 0.05) is 30.8 Å². The van der Waals surface area contributed by atoms with Gasteiger partial charge in [-0.05, 0) is 33.1 Å².